The Morgan fingerprint density at radius 2 is 1.95 bits per heavy atom. The molecular formula is C17H25NO. The van der Waals surface area contributed by atoms with Gasteiger partial charge in [0.05, 0.1) is 6.54 Å². The Morgan fingerprint density at radius 3 is 2.47 bits per heavy atom. The maximum atomic E-state index is 12.1. The van der Waals surface area contributed by atoms with Crippen molar-refractivity contribution in [2.24, 2.45) is 5.73 Å². The van der Waals surface area contributed by atoms with Gasteiger partial charge >= 0.3 is 0 Å². The van der Waals surface area contributed by atoms with Crippen molar-refractivity contribution in [3.05, 3.63) is 34.4 Å². The first-order valence-corrected chi connectivity index (χ1v) is 7.08. The number of carbonyl (C=O) groups is 1. The maximum absolute atomic E-state index is 12.1. The normalized spacial score (nSPS) is 17.4. The van der Waals surface area contributed by atoms with Crippen LogP contribution in [0.2, 0.25) is 0 Å². The number of rotatable bonds is 2. The molecule has 0 amide bonds. The second kappa shape index (κ2) is 4.45. The molecule has 1 aromatic carbocycles. The van der Waals surface area contributed by atoms with Crippen LogP contribution < -0.4 is 5.73 Å². The molecule has 2 nitrogen and oxygen atoms in total. The molecule has 19 heavy (non-hydrogen) atoms. The lowest BCUT2D eigenvalue weighted by Crippen LogP contribution is -2.20. The predicted molar refractivity (Wildman–Crippen MR) is 79.9 cm³/mol. The summed E-state index contributed by atoms with van der Waals surface area (Å²) < 4.78 is 0. The van der Waals surface area contributed by atoms with Crippen LogP contribution in [0.5, 0.6) is 0 Å². The van der Waals surface area contributed by atoms with Crippen molar-refractivity contribution >= 4 is 5.78 Å². The van der Waals surface area contributed by atoms with Crippen molar-refractivity contribution < 1.29 is 4.79 Å². The minimum absolute atomic E-state index is 0.0529. The van der Waals surface area contributed by atoms with Crippen LogP contribution >= 0.6 is 0 Å². The van der Waals surface area contributed by atoms with Crippen LogP contribution in [0.1, 0.15) is 68.1 Å². The summed E-state index contributed by atoms with van der Waals surface area (Å²) in [6.07, 6.45) is 2.11. The fourth-order valence-electron chi connectivity index (χ4n) is 2.91. The number of carbonyl (C=O) groups excluding carboxylic acids is 1. The topological polar surface area (TPSA) is 43.1 Å². The number of ketones is 1. The number of nitrogens with two attached hydrogens (primary N) is 1. The summed E-state index contributed by atoms with van der Waals surface area (Å²) in [6, 6.07) is 4.37. The Labute approximate surface area is 116 Å². The van der Waals surface area contributed by atoms with Gasteiger partial charge in [0.1, 0.15) is 0 Å². The third kappa shape index (κ3) is 2.46. The van der Waals surface area contributed by atoms with E-state index in [1.807, 2.05) is 0 Å². The summed E-state index contributed by atoms with van der Waals surface area (Å²) in [4.78, 5) is 12.1. The van der Waals surface area contributed by atoms with E-state index in [4.69, 9.17) is 5.73 Å². The van der Waals surface area contributed by atoms with E-state index in [2.05, 4.69) is 46.8 Å². The van der Waals surface area contributed by atoms with Crippen molar-refractivity contribution in [3.63, 3.8) is 0 Å². The fraction of sp³-hybridized carbons (Fsp3) is 0.588. The first kappa shape index (κ1) is 14.3. The number of benzene rings is 1. The molecule has 0 unspecified atom stereocenters. The van der Waals surface area contributed by atoms with Gasteiger partial charge in [-0.05, 0) is 46.4 Å². The van der Waals surface area contributed by atoms with Gasteiger partial charge < -0.3 is 5.73 Å². The molecule has 2 rings (SSSR count). The number of hydrogen-bond acceptors (Lipinski definition) is 2. The molecule has 1 aliphatic carbocycles. The van der Waals surface area contributed by atoms with Gasteiger partial charge in [0.2, 0.25) is 0 Å². The Balaban J connectivity index is 2.69. The molecule has 1 aliphatic rings. The molecule has 0 aliphatic heterocycles. The molecule has 2 N–H and O–H groups in total. The molecule has 104 valence electrons. The van der Waals surface area contributed by atoms with Crippen molar-refractivity contribution in [2.75, 3.05) is 6.54 Å². The number of Topliss-reactive ketones (excluding diaryl/α,β-unsaturated/α-hetero) is 1. The third-order valence-corrected chi connectivity index (χ3v) is 4.33. The SMILES string of the molecule is CC(C)(C)c1cc(C(=O)CN)c2c(c1)C(C)(C)CC2. The minimum Gasteiger partial charge on any atom is -0.324 e. The van der Waals surface area contributed by atoms with Crippen molar-refractivity contribution in [2.45, 2.75) is 58.3 Å². The highest BCUT2D eigenvalue weighted by molar-refractivity contribution is 5.99. The average molecular weight is 259 g/mol. The van der Waals surface area contributed by atoms with E-state index in [9.17, 15) is 4.79 Å². The van der Waals surface area contributed by atoms with E-state index in [-0.39, 0.29) is 23.2 Å². The molecule has 0 heterocycles. The first-order valence-electron chi connectivity index (χ1n) is 7.08. The second-order valence-electron chi connectivity index (χ2n) is 7.31. The van der Waals surface area contributed by atoms with E-state index < -0.39 is 0 Å². The Morgan fingerprint density at radius 1 is 1.32 bits per heavy atom. The van der Waals surface area contributed by atoms with Crippen molar-refractivity contribution in [1.29, 1.82) is 0 Å². The van der Waals surface area contributed by atoms with Gasteiger partial charge in [0.15, 0.2) is 5.78 Å². The fourth-order valence-corrected chi connectivity index (χ4v) is 2.91. The zero-order valence-electron chi connectivity index (χ0n) is 12.8. The summed E-state index contributed by atoms with van der Waals surface area (Å²) in [6.45, 7) is 11.2. The van der Waals surface area contributed by atoms with Gasteiger partial charge in [-0.3, -0.25) is 4.79 Å². The monoisotopic (exact) mass is 259 g/mol. The molecule has 0 radical (unpaired) electrons. The molecule has 0 spiro atoms. The first-order chi connectivity index (χ1) is 8.66. The summed E-state index contributed by atoms with van der Waals surface area (Å²) in [7, 11) is 0. The zero-order valence-corrected chi connectivity index (χ0v) is 12.8. The Kier molecular flexibility index (Phi) is 3.34. The summed E-state index contributed by atoms with van der Waals surface area (Å²) >= 11 is 0. The minimum atomic E-state index is 0.0529. The van der Waals surface area contributed by atoms with Crippen LogP contribution in [-0.2, 0) is 17.3 Å². The molecule has 0 aromatic heterocycles. The third-order valence-electron chi connectivity index (χ3n) is 4.33. The van der Waals surface area contributed by atoms with E-state index in [1.54, 1.807) is 0 Å². The predicted octanol–water partition coefficient (Wildman–Crippen LogP) is 3.35. The largest absolute Gasteiger partial charge is 0.324 e. The Hall–Kier alpha value is -1.15. The average Bonchev–Trinajstić information content (AvgIpc) is 2.62. The van der Waals surface area contributed by atoms with E-state index in [0.717, 1.165) is 18.4 Å². The molecule has 0 bridgehead atoms. The lowest BCUT2D eigenvalue weighted by Gasteiger charge is -2.25. The maximum Gasteiger partial charge on any atom is 0.176 e. The second-order valence-corrected chi connectivity index (χ2v) is 7.31. The quantitative estimate of drug-likeness (QED) is 0.828. The number of fused-ring (bicyclic) bond motifs is 1. The summed E-state index contributed by atoms with van der Waals surface area (Å²) in [5.74, 6) is 0.0695. The molecule has 0 saturated carbocycles. The van der Waals surface area contributed by atoms with Gasteiger partial charge in [-0.15, -0.1) is 0 Å². The molecule has 0 fully saturated rings. The number of hydrogen-bond donors (Lipinski definition) is 1. The van der Waals surface area contributed by atoms with Crippen LogP contribution in [0, 0.1) is 0 Å². The molecule has 0 saturated heterocycles. The van der Waals surface area contributed by atoms with Gasteiger partial charge in [0.25, 0.3) is 0 Å². The molecule has 2 heteroatoms. The van der Waals surface area contributed by atoms with Crippen molar-refractivity contribution in [1.82, 2.24) is 0 Å². The lowest BCUT2D eigenvalue weighted by atomic mass is 9.79. The van der Waals surface area contributed by atoms with E-state index in [0.29, 0.717) is 0 Å². The van der Waals surface area contributed by atoms with Crippen LogP contribution in [0.4, 0.5) is 0 Å². The van der Waals surface area contributed by atoms with Crippen molar-refractivity contribution in [3.8, 4) is 0 Å². The van der Waals surface area contributed by atoms with Crippen LogP contribution in [-0.4, -0.2) is 12.3 Å². The highest BCUT2D eigenvalue weighted by atomic mass is 16.1. The molecule has 1 aromatic rings. The van der Waals surface area contributed by atoms with E-state index >= 15 is 0 Å². The Bertz CT molecular complexity index is 521. The van der Waals surface area contributed by atoms with Crippen LogP contribution in [0.3, 0.4) is 0 Å². The van der Waals surface area contributed by atoms with E-state index in [1.165, 1.54) is 16.7 Å². The van der Waals surface area contributed by atoms with Crippen LogP contribution in [0.15, 0.2) is 12.1 Å². The van der Waals surface area contributed by atoms with Gasteiger partial charge in [-0.2, -0.15) is 0 Å². The smallest absolute Gasteiger partial charge is 0.176 e. The highest BCUT2D eigenvalue weighted by Gasteiger charge is 2.34. The van der Waals surface area contributed by atoms with Gasteiger partial charge in [-0.25, -0.2) is 0 Å². The summed E-state index contributed by atoms with van der Waals surface area (Å²) in [5, 5.41) is 0. The standard InChI is InChI=1S/C17H25NO/c1-16(2,3)11-8-13(15(19)10-18)12-6-7-17(4,5)14(12)9-11/h8-9H,6-7,10,18H2,1-5H3. The van der Waals surface area contributed by atoms with Crippen LogP contribution in [0.25, 0.3) is 0 Å². The summed E-state index contributed by atoms with van der Waals surface area (Å²) in [5.41, 5.74) is 10.5. The molecule has 0 atom stereocenters. The lowest BCUT2D eigenvalue weighted by molar-refractivity contribution is 0.100. The molecular weight excluding hydrogens is 234 g/mol. The van der Waals surface area contributed by atoms with Gasteiger partial charge in [0, 0.05) is 5.56 Å². The zero-order chi connectivity index (χ0) is 14.4. The highest BCUT2D eigenvalue weighted by Crippen LogP contribution is 2.42. The van der Waals surface area contributed by atoms with Gasteiger partial charge in [-0.1, -0.05) is 40.7 Å².